The molecule has 4 fully saturated rings. The summed E-state index contributed by atoms with van der Waals surface area (Å²) in [6, 6.07) is 0. The number of carbonyl (C=O) groups excluding carboxylic acids is 1. The Morgan fingerprint density at radius 3 is 2.07 bits per heavy atom. The fourth-order valence-corrected chi connectivity index (χ4v) is 11.9. The molecule has 6 unspecified atom stereocenters. The van der Waals surface area contributed by atoms with Gasteiger partial charge in [-0.3, -0.25) is 4.79 Å². The van der Waals surface area contributed by atoms with E-state index in [-0.39, 0.29) is 35.1 Å². The molecule has 28 heavy (non-hydrogen) atoms. The average Bonchev–Trinajstić information content (AvgIpc) is 2.92. The number of hydrogen-bond acceptors (Lipinski definition) is 6. The van der Waals surface area contributed by atoms with Gasteiger partial charge >= 0.3 is 0 Å². The Morgan fingerprint density at radius 2 is 1.43 bits per heavy atom. The zero-order valence-corrected chi connectivity index (χ0v) is 22.8. The van der Waals surface area contributed by atoms with E-state index in [4.69, 9.17) is 63.1 Å². The average molecular weight is 542 g/mol. The molecular weight excluding hydrogens is 508 g/mol. The van der Waals surface area contributed by atoms with Crippen molar-refractivity contribution in [3.8, 4) is 0 Å². The molecule has 4 aliphatic rings. The lowest BCUT2D eigenvalue weighted by molar-refractivity contribution is -0.124. The summed E-state index contributed by atoms with van der Waals surface area (Å²) in [6.45, 7) is 4.63. The summed E-state index contributed by atoms with van der Waals surface area (Å²) in [5.41, 5.74) is -0.155. The van der Waals surface area contributed by atoms with Crippen LogP contribution in [0.15, 0.2) is 0 Å². The maximum absolute atomic E-state index is 12.8. The summed E-state index contributed by atoms with van der Waals surface area (Å²) in [6.07, 6.45) is 8.90. The summed E-state index contributed by atoms with van der Waals surface area (Å²) < 4.78 is -1.48. The van der Waals surface area contributed by atoms with E-state index >= 15 is 0 Å². The van der Waals surface area contributed by atoms with Crippen molar-refractivity contribution in [3.05, 3.63) is 0 Å². The first-order chi connectivity index (χ1) is 12.8. The number of thiol groups is 5. The van der Waals surface area contributed by atoms with E-state index in [1.165, 1.54) is 6.42 Å². The number of hydrogen-bond donors (Lipinski definition) is 5. The zero-order chi connectivity index (χ0) is 20.8. The summed E-state index contributed by atoms with van der Waals surface area (Å²) in [5, 5.41) is 0.427. The van der Waals surface area contributed by atoms with Crippen LogP contribution < -0.4 is 0 Å². The van der Waals surface area contributed by atoms with E-state index in [1.54, 1.807) is 0 Å². The number of carbonyl (C=O) groups is 1. The molecule has 8 atom stereocenters. The first-order valence-corrected chi connectivity index (χ1v) is 13.9. The van der Waals surface area contributed by atoms with Crippen LogP contribution in [0, 0.1) is 17.3 Å². The fourth-order valence-electron chi connectivity index (χ4n) is 7.69. The number of halogens is 1. The molecule has 4 aliphatic carbocycles. The van der Waals surface area contributed by atoms with E-state index in [1.807, 2.05) is 0 Å². The van der Waals surface area contributed by atoms with Crippen molar-refractivity contribution in [1.82, 2.24) is 0 Å². The Labute approximate surface area is 206 Å². The van der Waals surface area contributed by atoms with Crippen molar-refractivity contribution < 1.29 is 4.79 Å². The maximum Gasteiger partial charge on any atom is 0.147 e. The van der Waals surface area contributed by atoms with Gasteiger partial charge in [-0.2, -0.15) is 63.1 Å². The number of fused-ring (bicyclic) bond motifs is 5. The maximum atomic E-state index is 12.8. The van der Waals surface area contributed by atoms with Gasteiger partial charge in [0.05, 0.1) is 5.33 Å². The first kappa shape index (κ1) is 23.1. The second-order valence-corrected chi connectivity index (χ2v) is 14.9. The van der Waals surface area contributed by atoms with Crippen molar-refractivity contribution >= 4 is 84.9 Å². The summed E-state index contributed by atoms with van der Waals surface area (Å²) in [7, 11) is 0. The monoisotopic (exact) mass is 540 g/mol. The van der Waals surface area contributed by atoms with Crippen LogP contribution in [0.3, 0.4) is 0 Å². The third kappa shape index (κ3) is 2.50. The molecule has 0 bridgehead atoms. The number of alkyl halides is 1. The van der Waals surface area contributed by atoms with Crippen molar-refractivity contribution in [2.45, 2.75) is 95.4 Å². The topological polar surface area (TPSA) is 17.1 Å². The Balaban J connectivity index is 1.82. The second kappa shape index (κ2) is 6.95. The Morgan fingerprint density at radius 1 is 0.857 bits per heavy atom. The molecule has 0 radical (unpaired) electrons. The van der Waals surface area contributed by atoms with Crippen LogP contribution in [-0.2, 0) is 4.79 Å². The Bertz CT molecular complexity index is 706. The van der Waals surface area contributed by atoms with Crippen molar-refractivity contribution in [1.29, 1.82) is 0 Å². The molecule has 0 N–H and O–H groups in total. The molecule has 160 valence electrons. The highest BCUT2D eigenvalue weighted by Crippen LogP contribution is 2.77. The molecular formula is C21H33BrOS5. The van der Waals surface area contributed by atoms with Crippen molar-refractivity contribution in [2.75, 3.05) is 5.33 Å². The molecule has 0 aromatic carbocycles. The van der Waals surface area contributed by atoms with E-state index in [9.17, 15) is 4.79 Å². The molecule has 0 aromatic heterocycles. The summed E-state index contributed by atoms with van der Waals surface area (Å²) in [5.74, 6) is 1.04. The largest absolute Gasteiger partial charge is 0.298 e. The highest BCUT2D eigenvalue weighted by atomic mass is 79.9. The number of Topliss-reactive ketones (excluding diaryl/α,β-unsaturated/α-hetero) is 1. The highest BCUT2D eigenvalue weighted by Gasteiger charge is 2.79. The Hall–Kier alpha value is 1.90. The van der Waals surface area contributed by atoms with E-state index < -0.39 is 0 Å². The molecule has 0 saturated heterocycles. The lowest BCUT2D eigenvalue weighted by atomic mass is 9.47. The fraction of sp³-hybridized carbons (Fsp3) is 0.952. The lowest BCUT2D eigenvalue weighted by Crippen LogP contribution is -2.80. The van der Waals surface area contributed by atoms with Crippen molar-refractivity contribution in [2.24, 2.45) is 17.3 Å². The van der Waals surface area contributed by atoms with Crippen LogP contribution in [0.25, 0.3) is 0 Å². The standard InChI is InChI=1S/C21H33BrOS5/c1-13-3-5-19(26)17(24,11-13)8-10-20(27)18(25)6-4-14(15(23)12-22)16(18,2)7-9-21(19,20)28/h13-14,24-28H,3-12H2,1-2H3/t13?,14?,16?,17?,18-,19?,20?,21-/m0/s1. The minimum absolute atomic E-state index is 0.0520. The van der Waals surface area contributed by atoms with Gasteiger partial charge in [0.2, 0.25) is 0 Å². The van der Waals surface area contributed by atoms with Crippen LogP contribution in [0.5, 0.6) is 0 Å². The molecule has 4 rings (SSSR count). The summed E-state index contributed by atoms with van der Waals surface area (Å²) in [4.78, 5) is 12.8. The van der Waals surface area contributed by atoms with E-state index in [2.05, 4.69) is 29.8 Å². The lowest BCUT2D eigenvalue weighted by Gasteiger charge is -2.74. The molecule has 7 heteroatoms. The van der Waals surface area contributed by atoms with Crippen LogP contribution in [0.1, 0.15) is 71.6 Å². The molecule has 0 heterocycles. The van der Waals surface area contributed by atoms with Crippen LogP contribution >= 0.6 is 79.1 Å². The predicted molar refractivity (Wildman–Crippen MR) is 140 cm³/mol. The van der Waals surface area contributed by atoms with Crippen LogP contribution in [-0.4, -0.2) is 34.8 Å². The van der Waals surface area contributed by atoms with Crippen LogP contribution in [0.4, 0.5) is 0 Å². The van der Waals surface area contributed by atoms with Gasteiger partial charge in [0, 0.05) is 29.7 Å². The van der Waals surface area contributed by atoms with Gasteiger partial charge in [-0.15, -0.1) is 0 Å². The first-order valence-electron chi connectivity index (χ1n) is 10.5. The Kier molecular flexibility index (Phi) is 5.73. The third-order valence-corrected chi connectivity index (χ3v) is 15.6. The van der Waals surface area contributed by atoms with Gasteiger partial charge in [0.1, 0.15) is 5.78 Å². The summed E-state index contributed by atoms with van der Waals surface area (Å²) >= 11 is 30.5. The zero-order valence-electron chi connectivity index (χ0n) is 16.7. The molecule has 1 nitrogen and oxygen atoms in total. The minimum Gasteiger partial charge on any atom is -0.298 e. The quantitative estimate of drug-likeness (QED) is 0.211. The van der Waals surface area contributed by atoms with Gasteiger partial charge in [0.25, 0.3) is 0 Å². The minimum atomic E-state index is -0.380. The van der Waals surface area contributed by atoms with Gasteiger partial charge in [-0.25, -0.2) is 0 Å². The predicted octanol–water partition coefficient (Wildman–Crippen LogP) is 6.12. The van der Waals surface area contributed by atoms with E-state index in [0.717, 1.165) is 51.4 Å². The van der Waals surface area contributed by atoms with Gasteiger partial charge < -0.3 is 0 Å². The van der Waals surface area contributed by atoms with Gasteiger partial charge in [-0.1, -0.05) is 29.8 Å². The second-order valence-electron chi connectivity index (χ2n) is 10.4. The molecule has 0 spiro atoms. The number of ketones is 1. The molecule has 0 aliphatic heterocycles. The van der Waals surface area contributed by atoms with Gasteiger partial charge in [-0.05, 0) is 69.1 Å². The number of rotatable bonds is 2. The SMILES string of the molecule is CC1CCC2(S)C(S)(CCC3(S)[C@]4(S)CCC(C(=O)CBr)C4(C)CC[C@]23S)C1. The smallest absolute Gasteiger partial charge is 0.147 e. The van der Waals surface area contributed by atoms with E-state index in [0.29, 0.717) is 17.0 Å². The highest BCUT2D eigenvalue weighted by molar-refractivity contribution is 9.09. The molecule has 0 amide bonds. The molecule has 0 aromatic rings. The van der Waals surface area contributed by atoms with Gasteiger partial charge in [0.15, 0.2) is 0 Å². The van der Waals surface area contributed by atoms with Crippen molar-refractivity contribution in [3.63, 3.8) is 0 Å². The normalized spacial score (nSPS) is 58.6. The molecule has 4 saturated carbocycles. The van der Waals surface area contributed by atoms with Crippen LogP contribution in [0.2, 0.25) is 0 Å². The third-order valence-electron chi connectivity index (χ3n) is 9.44.